The molecule has 0 aliphatic carbocycles. The molecule has 1 aliphatic heterocycles. The molecule has 114 valence electrons. The Morgan fingerprint density at radius 2 is 2.29 bits per heavy atom. The average Bonchev–Trinajstić information content (AvgIpc) is 2.49. The van der Waals surface area contributed by atoms with Crippen LogP contribution >= 0.6 is 0 Å². The first-order valence-corrected chi connectivity index (χ1v) is 7.31. The fourth-order valence-electron chi connectivity index (χ4n) is 2.62. The van der Waals surface area contributed by atoms with Crippen LogP contribution in [0.25, 0.3) is 0 Å². The first-order chi connectivity index (χ1) is 10.1. The number of benzene rings is 1. The Bertz CT molecular complexity index is 519. The summed E-state index contributed by atoms with van der Waals surface area (Å²) in [5.74, 6) is -0.349. The van der Waals surface area contributed by atoms with E-state index in [0.29, 0.717) is 12.1 Å². The minimum absolute atomic E-state index is 0.106. The molecular formula is C16H21FN2O2. The van der Waals surface area contributed by atoms with Gasteiger partial charge in [-0.3, -0.25) is 9.69 Å². The van der Waals surface area contributed by atoms with E-state index in [2.05, 4.69) is 5.32 Å². The molecule has 4 nitrogen and oxygen atoms in total. The van der Waals surface area contributed by atoms with Gasteiger partial charge in [0.1, 0.15) is 12.1 Å². The number of carbonyl (C=O) groups is 2. The number of aryl methyl sites for hydroxylation is 1. The first kappa shape index (κ1) is 15.6. The standard InChI is InChI=1S/C16H21FN2O2/c1-12-8-13(5-6-15(12)17)9-18-16(21)10-19-7-3-2-4-14(19)11-20/h5-6,8,11,14H,2-4,7,9-10H2,1H3,(H,18,21). The van der Waals surface area contributed by atoms with Crippen LogP contribution in [0.1, 0.15) is 30.4 Å². The molecule has 0 radical (unpaired) electrons. The molecule has 1 saturated heterocycles. The number of amides is 1. The van der Waals surface area contributed by atoms with Gasteiger partial charge in [-0.05, 0) is 43.5 Å². The second kappa shape index (κ2) is 7.31. The number of piperidine rings is 1. The Hall–Kier alpha value is -1.75. The first-order valence-electron chi connectivity index (χ1n) is 7.31. The van der Waals surface area contributed by atoms with Crippen LogP contribution in [-0.4, -0.2) is 36.2 Å². The summed E-state index contributed by atoms with van der Waals surface area (Å²) in [6.45, 7) is 3.10. The molecule has 1 fully saturated rings. The van der Waals surface area contributed by atoms with Gasteiger partial charge in [-0.15, -0.1) is 0 Å². The summed E-state index contributed by atoms with van der Waals surface area (Å²) >= 11 is 0. The van der Waals surface area contributed by atoms with Crippen molar-refractivity contribution >= 4 is 12.2 Å². The second-order valence-electron chi connectivity index (χ2n) is 5.53. The van der Waals surface area contributed by atoms with Crippen molar-refractivity contribution in [3.05, 3.63) is 35.1 Å². The van der Waals surface area contributed by atoms with Crippen LogP contribution in [0, 0.1) is 12.7 Å². The van der Waals surface area contributed by atoms with Gasteiger partial charge in [0.05, 0.1) is 12.6 Å². The normalized spacial score (nSPS) is 19.2. The van der Waals surface area contributed by atoms with Crippen LogP contribution in [0.15, 0.2) is 18.2 Å². The van der Waals surface area contributed by atoms with Crippen LogP contribution in [0.2, 0.25) is 0 Å². The zero-order valence-electron chi connectivity index (χ0n) is 12.3. The largest absolute Gasteiger partial charge is 0.351 e. The predicted octanol–water partition coefficient (Wildman–Crippen LogP) is 1.80. The number of nitrogens with zero attached hydrogens (tertiary/aromatic N) is 1. The van der Waals surface area contributed by atoms with Crippen molar-refractivity contribution in [2.45, 2.75) is 38.8 Å². The lowest BCUT2D eigenvalue weighted by molar-refractivity contribution is -0.124. The van der Waals surface area contributed by atoms with Gasteiger partial charge in [-0.25, -0.2) is 4.39 Å². The zero-order valence-corrected chi connectivity index (χ0v) is 12.3. The van der Waals surface area contributed by atoms with Gasteiger partial charge < -0.3 is 10.1 Å². The number of aldehydes is 1. The molecule has 1 aromatic carbocycles. The van der Waals surface area contributed by atoms with Gasteiger partial charge >= 0.3 is 0 Å². The maximum absolute atomic E-state index is 13.2. The number of rotatable bonds is 5. The van der Waals surface area contributed by atoms with Crippen LogP contribution in [0.3, 0.4) is 0 Å². The maximum atomic E-state index is 13.2. The van der Waals surface area contributed by atoms with Gasteiger partial charge in [0.25, 0.3) is 0 Å². The van der Waals surface area contributed by atoms with Gasteiger partial charge in [-0.1, -0.05) is 18.6 Å². The van der Waals surface area contributed by atoms with E-state index in [4.69, 9.17) is 0 Å². The van der Waals surface area contributed by atoms with E-state index >= 15 is 0 Å². The Labute approximate surface area is 124 Å². The zero-order chi connectivity index (χ0) is 15.2. The van der Waals surface area contributed by atoms with Gasteiger partial charge in [0.2, 0.25) is 5.91 Å². The maximum Gasteiger partial charge on any atom is 0.234 e. The highest BCUT2D eigenvalue weighted by atomic mass is 19.1. The number of nitrogens with one attached hydrogen (secondary N) is 1. The van der Waals surface area contributed by atoms with E-state index in [1.54, 1.807) is 19.1 Å². The third-order valence-electron chi connectivity index (χ3n) is 3.88. The number of hydrogen-bond acceptors (Lipinski definition) is 3. The summed E-state index contributed by atoms with van der Waals surface area (Å²) in [6, 6.07) is 4.66. The molecule has 1 heterocycles. The molecular weight excluding hydrogens is 271 g/mol. The Balaban J connectivity index is 1.83. The molecule has 0 aromatic heterocycles. The molecule has 0 saturated carbocycles. The molecule has 0 bridgehead atoms. The SMILES string of the molecule is Cc1cc(CNC(=O)CN2CCCCC2C=O)ccc1F. The minimum Gasteiger partial charge on any atom is -0.351 e. The smallest absolute Gasteiger partial charge is 0.234 e. The summed E-state index contributed by atoms with van der Waals surface area (Å²) in [5.41, 5.74) is 1.44. The molecule has 1 unspecified atom stereocenters. The van der Waals surface area contributed by atoms with Crippen molar-refractivity contribution in [2.24, 2.45) is 0 Å². The molecule has 5 heteroatoms. The molecule has 1 aromatic rings. The lowest BCUT2D eigenvalue weighted by Crippen LogP contribution is -2.46. The van der Waals surface area contributed by atoms with Gasteiger partial charge in [-0.2, -0.15) is 0 Å². The van der Waals surface area contributed by atoms with Crippen molar-refractivity contribution in [1.82, 2.24) is 10.2 Å². The molecule has 1 amide bonds. The van der Waals surface area contributed by atoms with Crippen LogP contribution in [0.5, 0.6) is 0 Å². The van der Waals surface area contributed by atoms with Crippen molar-refractivity contribution in [3.63, 3.8) is 0 Å². The predicted molar refractivity (Wildman–Crippen MR) is 78.3 cm³/mol. The van der Waals surface area contributed by atoms with E-state index in [1.807, 2.05) is 4.90 Å². The second-order valence-corrected chi connectivity index (χ2v) is 5.53. The van der Waals surface area contributed by atoms with E-state index < -0.39 is 0 Å². The Morgan fingerprint density at radius 1 is 1.48 bits per heavy atom. The number of halogens is 1. The molecule has 1 aliphatic rings. The highest BCUT2D eigenvalue weighted by Crippen LogP contribution is 2.14. The molecule has 0 spiro atoms. The van der Waals surface area contributed by atoms with E-state index in [1.165, 1.54) is 6.07 Å². The fourth-order valence-corrected chi connectivity index (χ4v) is 2.62. The van der Waals surface area contributed by atoms with Gasteiger partial charge in [0.15, 0.2) is 0 Å². The van der Waals surface area contributed by atoms with Crippen LogP contribution in [-0.2, 0) is 16.1 Å². The molecule has 1 atom stereocenters. The molecule has 1 N–H and O–H groups in total. The van der Waals surface area contributed by atoms with Crippen LogP contribution < -0.4 is 5.32 Å². The van der Waals surface area contributed by atoms with E-state index in [-0.39, 0.29) is 24.3 Å². The van der Waals surface area contributed by atoms with E-state index in [0.717, 1.165) is 37.7 Å². The number of hydrogen-bond donors (Lipinski definition) is 1. The van der Waals surface area contributed by atoms with E-state index in [9.17, 15) is 14.0 Å². The lowest BCUT2D eigenvalue weighted by Gasteiger charge is -2.31. The Kier molecular flexibility index (Phi) is 5.44. The number of likely N-dealkylation sites (tertiary alicyclic amines) is 1. The van der Waals surface area contributed by atoms with Crippen LogP contribution in [0.4, 0.5) is 4.39 Å². The average molecular weight is 292 g/mol. The van der Waals surface area contributed by atoms with Crippen molar-refractivity contribution in [2.75, 3.05) is 13.1 Å². The summed E-state index contributed by atoms with van der Waals surface area (Å²) < 4.78 is 13.2. The highest BCUT2D eigenvalue weighted by Gasteiger charge is 2.23. The minimum atomic E-state index is -0.243. The summed E-state index contributed by atoms with van der Waals surface area (Å²) in [7, 11) is 0. The van der Waals surface area contributed by atoms with Crippen molar-refractivity contribution < 1.29 is 14.0 Å². The molecule has 21 heavy (non-hydrogen) atoms. The van der Waals surface area contributed by atoms with Crippen molar-refractivity contribution in [1.29, 1.82) is 0 Å². The monoisotopic (exact) mass is 292 g/mol. The molecule has 2 rings (SSSR count). The third kappa shape index (κ3) is 4.36. The number of carbonyl (C=O) groups excluding carboxylic acids is 2. The third-order valence-corrected chi connectivity index (χ3v) is 3.88. The quantitative estimate of drug-likeness (QED) is 0.842. The lowest BCUT2D eigenvalue weighted by atomic mass is 10.0. The summed E-state index contributed by atoms with van der Waals surface area (Å²) in [4.78, 5) is 24.9. The topological polar surface area (TPSA) is 49.4 Å². The fraction of sp³-hybridized carbons (Fsp3) is 0.500. The highest BCUT2D eigenvalue weighted by molar-refractivity contribution is 5.78. The Morgan fingerprint density at radius 3 is 3.00 bits per heavy atom. The summed E-state index contributed by atoms with van der Waals surface area (Å²) in [5, 5.41) is 2.82. The van der Waals surface area contributed by atoms with Gasteiger partial charge in [0, 0.05) is 6.54 Å². The summed E-state index contributed by atoms with van der Waals surface area (Å²) in [6.07, 6.45) is 3.81. The van der Waals surface area contributed by atoms with Crippen molar-refractivity contribution in [3.8, 4) is 0 Å².